The van der Waals surface area contributed by atoms with Crippen molar-refractivity contribution in [2.75, 3.05) is 0 Å². The summed E-state index contributed by atoms with van der Waals surface area (Å²) >= 11 is 0. The van der Waals surface area contributed by atoms with Gasteiger partial charge in [-0.15, -0.1) is 0 Å². The van der Waals surface area contributed by atoms with Crippen LogP contribution in [0.1, 0.15) is 5.56 Å². The van der Waals surface area contributed by atoms with Crippen LogP contribution in [-0.2, 0) is 0 Å². The molecule has 6 nitrogen and oxygen atoms in total. The normalized spacial score (nSPS) is 10.9. The molecular weight excluding hydrogens is 362 g/mol. The quantitative estimate of drug-likeness (QED) is 0.502. The van der Waals surface area contributed by atoms with Gasteiger partial charge in [0.2, 0.25) is 0 Å². The van der Waals surface area contributed by atoms with E-state index in [1.165, 1.54) is 6.07 Å². The third kappa shape index (κ3) is 2.91. The van der Waals surface area contributed by atoms with Crippen molar-refractivity contribution < 1.29 is 0 Å². The summed E-state index contributed by atoms with van der Waals surface area (Å²) in [6.45, 7) is 0. The number of pyridine rings is 2. The maximum atomic E-state index is 12.1. The van der Waals surface area contributed by atoms with Crippen molar-refractivity contribution in [1.82, 2.24) is 19.9 Å². The zero-order valence-corrected chi connectivity index (χ0v) is 15.1. The van der Waals surface area contributed by atoms with Crippen LogP contribution in [0.15, 0.2) is 77.7 Å². The van der Waals surface area contributed by atoms with Gasteiger partial charge in [0.05, 0.1) is 16.9 Å². The van der Waals surface area contributed by atoms with Crippen LogP contribution in [0.25, 0.3) is 44.6 Å². The second kappa shape index (κ2) is 6.66. The Kier molecular flexibility index (Phi) is 3.85. The van der Waals surface area contributed by atoms with Crippen LogP contribution in [0.4, 0.5) is 0 Å². The second-order valence-electron chi connectivity index (χ2n) is 6.56. The third-order valence-electron chi connectivity index (χ3n) is 4.72. The molecular formula is C23H13N5O. The van der Waals surface area contributed by atoms with Gasteiger partial charge in [0, 0.05) is 22.7 Å². The molecule has 0 saturated heterocycles. The molecule has 0 bridgehead atoms. The molecule has 136 valence electrons. The molecule has 0 amide bonds. The van der Waals surface area contributed by atoms with Crippen LogP contribution >= 0.6 is 0 Å². The summed E-state index contributed by atoms with van der Waals surface area (Å²) in [6, 6.07) is 22.8. The summed E-state index contributed by atoms with van der Waals surface area (Å²) in [5, 5.41) is 10.2. The highest BCUT2D eigenvalue weighted by Crippen LogP contribution is 2.31. The number of nitriles is 1. The molecule has 0 aliphatic carbocycles. The zero-order chi connectivity index (χ0) is 19.8. The summed E-state index contributed by atoms with van der Waals surface area (Å²) in [5.41, 5.74) is 4.32. The average molecular weight is 375 g/mol. The fraction of sp³-hybridized carbons (Fsp3) is 0. The first-order valence-corrected chi connectivity index (χ1v) is 8.99. The molecule has 2 aromatic carbocycles. The number of benzene rings is 2. The molecule has 3 aromatic heterocycles. The lowest BCUT2D eigenvalue weighted by Crippen LogP contribution is -2.11. The SMILES string of the molecule is N#Cc1cc2nc(-c3ccc4ncccc4c3)c(-c3ccccc3)nc2[nH]c1=O. The molecule has 29 heavy (non-hydrogen) atoms. The smallest absolute Gasteiger partial charge is 0.267 e. The number of rotatable bonds is 2. The van der Waals surface area contributed by atoms with E-state index >= 15 is 0 Å². The van der Waals surface area contributed by atoms with Crippen molar-refractivity contribution in [3.8, 4) is 28.6 Å². The zero-order valence-electron chi connectivity index (χ0n) is 15.1. The molecule has 0 atom stereocenters. The summed E-state index contributed by atoms with van der Waals surface area (Å²) < 4.78 is 0. The lowest BCUT2D eigenvalue weighted by Gasteiger charge is -2.11. The van der Waals surface area contributed by atoms with E-state index in [1.807, 2.05) is 66.7 Å². The first kappa shape index (κ1) is 16.8. The maximum absolute atomic E-state index is 12.1. The van der Waals surface area contributed by atoms with E-state index < -0.39 is 5.56 Å². The molecule has 5 aromatic rings. The molecule has 0 radical (unpaired) electrons. The van der Waals surface area contributed by atoms with Crippen molar-refractivity contribution in [3.05, 3.63) is 88.8 Å². The Morgan fingerprint density at radius 2 is 1.66 bits per heavy atom. The molecule has 0 saturated carbocycles. The second-order valence-corrected chi connectivity index (χ2v) is 6.56. The lowest BCUT2D eigenvalue weighted by molar-refractivity contribution is 1.18. The molecule has 0 unspecified atom stereocenters. The Hall–Kier alpha value is -4.37. The van der Waals surface area contributed by atoms with Gasteiger partial charge in [-0.25, -0.2) is 9.97 Å². The Balaban J connectivity index is 1.84. The summed E-state index contributed by atoms with van der Waals surface area (Å²) in [6.07, 6.45) is 1.76. The third-order valence-corrected chi connectivity index (χ3v) is 4.72. The predicted molar refractivity (Wildman–Crippen MR) is 111 cm³/mol. The van der Waals surface area contributed by atoms with Gasteiger partial charge in [0.15, 0.2) is 5.65 Å². The lowest BCUT2D eigenvalue weighted by atomic mass is 10.0. The molecule has 0 spiro atoms. The van der Waals surface area contributed by atoms with Gasteiger partial charge in [-0.3, -0.25) is 9.78 Å². The number of nitrogens with zero attached hydrogens (tertiary/aromatic N) is 4. The number of hydrogen-bond acceptors (Lipinski definition) is 5. The minimum atomic E-state index is -0.474. The average Bonchev–Trinajstić information content (AvgIpc) is 2.78. The van der Waals surface area contributed by atoms with E-state index in [2.05, 4.69) is 9.97 Å². The highest BCUT2D eigenvalue weighted by molar-refractivity contribution is 5.89. The Bertz CT molecular complexity index is 1480. The Morgan fingerprint density at radius 1 is 0.828 bits per heavy atom. The Labute approximate surface area is 165 Å². The largest absolute Gasteiger partial charge is 0.304 e. The fourth-order valence-electron chi connectivity index (χ4n) is 3.32. The number of hydrogen-bond donors (Lipinski definition) is 1. The monoisotopic (exact) mass is 375 g/mol. The van der Waals surface area contributed by atoms with E-state index in [1.54, 1.807) is 6.20 Å². The molecule has 1 N–H and O–H groups in total. The van der Waals surface area contributed by atoms with Crippen molar-refractivity contribution in [3.63, 3.8) is 0 Å². The standard InChI is InChI=1S/C23H13N5O/c24-13-17-12-19-22(28-23(17)29)27-20(14-5-2-1-3-6-14)21(26-19)16-8-9-18-15(11-16)7-4-10-25-18/h1-12H,(H,27,28,29). The summed E-state index contributed by atoms with van der Waals surface area (Å²) in [4.78, 5) is 28.6. The number of nitrogens with one attached hydrogen (secondary N) is 1. The topological polar surface area (TPSA) is 95.3 Å². The molecule has 0 aliphatic rings. The number of aromatic amines is 1. The minimum Gasteiger partial charge on any atom is -0.304 e. The van der Waals surface area contributed by atoms with Crippen LogP contribution in [0, 0.1) is 11.3 Å². The van der Waals surface area contributed by atoms with Crippen molar-refractivity contribution in [2.45, 2.75) is 0 Å². The minimum absolute atomic E-state index is 0.00734. The van der Waals surface area contributed by atoms with Gasteiger partial charge in [-0.1, -0.05) is 42.5 Å². The molecule has 3 heterocycles. The van der Waals surface area contributed by atoms with Gasteiger partial charge >= 0.3 is 0 Å². The molecule has 0 fully saturated rings. The van der Waals surface area contributed by atoms with Crippen LogP contribution in [0.3, 0.4) is 0 Å². The van der Waals surface area contributed by atoms with Crippen LogP contribution < -0.4 is 5.56 Å². The van der Waals surface area contributed by atoms with Crippen molar-refractivity contribution >= 4 is 22.1 Å². The number of aromatic nitrogens is 4. The van der Waals surface area contributed by atoms with Crippen LogP contribution in [0.2, 0.25) is 0 Å². The first-order valence-electron chi connectivity index (χ1n) is 8.99. The van der Waals surface area contributed by atoms with Gasteiger partial charge in [0.25, 0.3) is 5.56 Å². The van der Waals surface area contributed by atoms with Gasteiger partial charge in [-0.05, 0) is 24.3 Å². The summed E-state index contributed by atoms with van der Waals surface area (Å²) in [5.74, 6) is 0. The first-order chi connectivity index (χ1) is 14.2. The van der Waals surface area contributed by atoms with Crippen molar-refractivity contribution in [1.29, 1.82) is 5.26 Å². The van der Waals surface area contributed by atoms with E-state index in [9.17, 15) is 10.1 Å². The fourth-order valence-corrected chi connectivity index (χ4v) is 3.32. The molecule has 0 aliphatic heterocycles. The van der Waals surface area contributed by atoms with Crippen LogP contribution in [-0.4, -0.2) is 19.9 Å². The van der Waals surface area contributed by atoms with E-state index in [-0.39, 0.29) is 5.56 Å². The van der Waals surface area contributed by atoms with E-state index in [0.29, 0.717) is 22.6 Å². The van der Waals surface area contributed by atoms with E-state index in [0.717, 1.165) is 22.0 Å². The highest BCUT2D eigenvalue weighted by Gasteiger charge is 2.15. The predicted octanol–water partition coefficient (Wildman–Crippen LogP) is 4.07. The Morgan fingerprint density at radius 3 is 2.48 bits per heavy atom. The van der Waals surface area contributed by atoms with Crippen molar-refractivity contribution in [2.24, 2.45) is 0 Å². The molecule has 5 rings (SSSR count). The highest BCUT2D eigenvalue weighted by atomic mass is 16.1. The van der Waals surface area contributed by atoms with Crippen LogP contribution in [0.5, 0.6) is 0 Å². The maximum Gasteiger partial charge on any atom is 0.267 e. The van der Waals surface area contributed by atoms with E-state index in [4.69, 9.17) is 9.97 Å². The number of fused-ring (bicyclic) bond motifs is 2. The van der Waals surface area contributed by atoms with Gasteiger partial charge in [0.1, 0.15) is 17.1 Å². The van der Waals surface area contributed by atoms with Gasteiger partial charge in [-0.2, -0.15) is 5.26 Å². The summed E-state index contributed by atoms with van der Waals surface area (Å²) in [7, 11) is 0. The number of H-pyrrole nitrogens is 1. The molecule has 6 heteroatoms. The van der Waals surface area contributed by atoms with Gasteiger partial charge < -0.3 is 4.98 Å².